The van der Waals surface area contributed by atoms with Gasteiger partial charge in [0.05, 0.1) is 16.6 Å². The molecule has 55 heavy (non-hydrogen) atoms. The number of halogens is 6. The molecule has 1 aliphatic carbocycles. The lowest BCUT2D eigenvalue weighted by Crippen LogP contribution is -2.38. The normalized spacial score (nSPS) is 17.4. The van der Waals surface area contributed by atoms with Gasteiger partial charge < -0.3 is 9.88 Å². The molecular weight excluding hydrogens is 711 g/mol. The molecule has 0 saturated heterocycles. The van der Waals surface area contributed by atoms with E-state index in [0.717, 1.165) is 33.4 Å². The first-order valence-electron chi connectivity index (χ1n) is 17.7. The van der Waals surface area contributed by atoms with Crippen LogP contribution in [0.15, 0.2) is 155 Å². The summed E-state index contributed by atoms with van der Waals surface area (Å²) in [6, 6.07) is 37.8. The lowest BCUT2D eigenvalue weighted by molar-refractivity contribution is -0.0970. The van der Waals surface area contributed by atoms with Crippen LogP contribution in [-0.4, -0.2) is 28.6 Å². The number of amidine groups is 2. The molecule has 10 heteroatoms. The fourth-order valence-corrected chi connectivity index (χ4v) is 7.09. The Balaban J connectivity index is 1.49. The Morgan fingerprint density at radius 2 is 1.25 bits per heavy atom. The summed E-state index contributed by atoms with van der Waals surface area (Å²) in [4.78, 5) is 9.73. The van der Waals surface area contributed by atoms with Crippen LogP contribution in [0.25, 0.3) is 38.9 Å². The third-order valence-electron chi connectivity index (χ3n) is 9.89. The summed E-state index contributed by atoms with van der Waals surface area (Å²) in [6.45, 7) is 6.38. The molecule has 0 bridgehead atoms. The zero-order chi connectivity index (χ0) is 38.7. The third-order valence-corrected chi connectivity index (χ3v) is 9.89. The van der Waals surface area contributed by atoms with Gasteiger partial charge in [-0.15, -0.1) is 0 Å². The molecule has 0 unspecified atom stereocenters. The van der Waals surface area contributed by atoms with E-state index < -0.39 is 29.9 Å². The fourth-order valence-electron chi connectivity index (χ4n) is 7.09. The lowest BCUT2D eigenvalue weighted by atomic mass is 9.86. The second-order valence-electron chi connectivity index (χ2n) is 14.6. The average Bonchev–Trinajstić information content (AvgIpc) is 3.51. The quantitative estimate of drug-likeness (QED) is 0.180. The minimum absolute atomic E-state index is 0.143. The van der Waals surface area contributed by atoms with Crippen molar-refractivity contribution in [3.63, 3.8) is 0 Å². The number of rotatable bonds is 3. The second kappa shape index (κ2) is 13.3. The average molecular weight is 745 g/mol. The Kier molecular flexibility index (Phi) is 8.67. The van der Waals surface area contributed by atoms with E-state index in [1.807, 2.05) is 84.9 Å². The van der Waals surface area contributed by atoms with Crippen LogP contribution in [0.5, 0.6) is 0 Å². The standard InChI is InChI=1S/C45H34F6N4/c1-43(2,3)30-18-20-36-35-16-10-11-17-38(35)55(39(36)25-30)33-19-21-34(29-22-31(44(46,47)48)24-32(23-29)45(49,50)51)37(26-33)42-53-40(27-12-6-4-7-13-27)52-41(54-42)28-14-8-5-9-15-28/h4-22,24-26H,23H2,1-3H3,(H,52,53,54). The SMILES string of the molecule is CC(C)(C)c1ccc2c3ccccc3n(-c3ccc(=C4C=C(C(F)(F)F)C=C(C(F)(F)F)C4)c(=C4N=C(c5ccccc5)N=C(c5ccccc5)N4)c3)c2c1. The summed E-state index contributed by atoms with van der Waals surface area (Å²) < 4.78 is 87.5. The van der Waals surface area contributed by atoms with E-state index in [2.05, 4.69) is 48.9 Å². The zero-order valence-electron chi connectivity index (χ0n) is 30.0. The molecule has 2 heterocycles. The highest BCUT2D eigenvalue weighted by Crippen LogP contribution is 2.40. The number of nitrogens with zero attached hydrogens (tertiary/aromatic N) is 3. The first-order valence-corrected chi connectivity index (χ1v) is 17.7. The summed E-state index contributed by atoms with van der Waals surface area (Å²) in [5, 5.41) is 5.77. The first-order chi connectivity index (χ1) is 26.1. The van der Waals surface area contributed by atoms with Crippen molar-refractivity contribution in [1.82, 2.24) is 9.88 Å². The Morgan fingerprint density at radius 1 is 0.600 bits per heavy atom. The van der Waals surface area contributed by atoms with Crippen LogP contribution in [0.3, 0.4) is 0 Å². The van der Waals surface area contributed by atoms with Gasteiger partial charge in [0.2, 0.25) is 0 Å². The predicted molar refractivity (Wildman–Crippen MR) is 208 cm³/mol. The van der Waals surface area contributed by atoms with Crippen molar-refractivity contribution in [2.75, 3.05) is 0 Å². The van der Waals surface area contributed by atoms with Crippen molar-refractivity contribution in [2.45, 2.75) is 45.0 Å². The molecule has 2 aliphatic rings. The summed E-state index contributed by atoms with van der Waals surface area (Å²) >= 11 is 0. The van der Waals surface area contributed by atoms with Gasteiger partial charge in [0.25, 0.3) is 0 Å². The summed E-state index contributed by atoms with van der Waals surface area (Å²) in [6.07, 6.45) is -9.76. The molecule has 0 amide bonds. The number of hydrogen-bond acceptors (Lipinski definition) is 3. The molecule has 0 atom stereocenters. The number of aromatic nitrogens is 1. The van der Waals surface area contributed by atoms with E-state index in [4.69, 9.17) is 9.98 Å². The Bertz CT molecular complexity index is 2740. The number of benzene rings is 5. The maximum Gasteiger partial charge on any atom is 0.416 e. The highest BCUT2D eigenvalue weighted by molar-refractivity contribution is 6.16. The second-order valence-corrected chi connectivity index (χ2v) is 14.6. The minimum Gasteiger partial charge on any atom is -0.324 e. The number of para-hydroxylation sites is 1. The van der Waals surface area contributed by atoms with Crippen LogP contribution in [0, 0.1) is 0 Å². The largest absolute Gasteiger partial charge is 0.416 e. The van der Waals surface area contributed by atoms with Gasteiger partial charge in [-0.2, -0.15) is 26.3 Å². The monoisotopic (exact) mass is 744 g/mol. The van der Waals surface area contributed by atoms with Gasteiger partial charge in [-0.05, 0) is 58.2 Å². The molecule has 5 aromatic carbocycles. The van der Waals surface area contributed by atoms with Crippen LogP contribution in [0.1, 0.15) is 43.9 Å². The number of nitrogens with one attached hydrogen (secondary N) is 1. The number of fused-ring (bicyclic) bond motifs is 3. The Hall–Kier alpha value is -6.16. The van der Waals surface area contributed by atoms with Crippen LogP contribution in [0.4, 0.5) is 26.3 Å². The molecule has 4 nitrogen and oxygen atoms in total. The van der Waals surface area contributed by atoms with Crippen molar-refractivity contribution in [1.29, 1.82) is 0 Å². The molecule has 0 fully saturated rings. The summed E-state index contributed by atoms with van der Waals surface area (Å²) in [5.41, 5.74) is 1.94. The van der Waals surface area contributed by atoms with E-state index in [1.54, 1.807) is 18.2 Å². The molecular formula is C45H34F6N4. The van der Waals surface area contributed by atoms with Crippen LogP contribution >= 0.6 is 0 Å². The van der Waals surface area contributed by atoms with Gasteiger partial charge in [-0.25, -0.2) is 9.98 Å². The number of aliphatic imine (C=N–C) groups is 2. The molecule has 1 aliphatic heterocycles. The highest BCUT2D eigenvalue weighted by atomic mass is 19.4. The number of alkyl halides is 6. The van der Waals surface area contributed by atoms with E-state index in [1.165, 1.54) is 0 Å². The van der Waals surface area contributed by atoms with Gasteiger partial charge in [0.15, 0.2) is 5.84 Å². The van der Waals surface area contributed by atoms with Crippen LogP contribution < -0.4 is 15.8 Å². The van der Waals surface area contributed by atoms with Crippen LogP contribution in [0.2, 0.25) is 0 Å². The topological polar surface area (TPSA) is 41.7 Å². The summed E-state index contributed by atoms with van der Waals surface area (Å²) in [7, 11) is 0. The number of hydrogen-bond donors (Lipinski definition) is 1. The fraction of sp³-hybridized carbons (Fsp3) is 0.156. The van der Waals surface area contributed by atoms with E-state index >= 15 is 0 Å². The van der Waals surface area contributed by atoms with Crippen molar-refractivity contribution in [3.05, 3.63) is 172 Å². The lowest BCUT2D eigenvalue weighted by Gasteiger charge is -2.21. The molecule has 0 radical (unpaired) electrons. The van der Waals surface area contributed by atoms with Gasteiger partial charge in [-0.3, -0.25) is 0 Å². The Morgan fingerprint density at radius 3 is 1.93 bits per heavy atom. The van der Waals surface area contributed by atoms with Crippen LogP contribution in [-0.2, 0) is 5.41 Å². The molecule has 0 saturated carbocycles. The van der Waals surface area contributed by atoms with E-state index in [0.29, 0.717) is 33.7 Å². The molecule has 276 valence electrons. The van der Waals surface area contributed by atoms with Gasteiger partial charge in [-0.1, -0.05) is 118 Å². The van der Waals surface area contributed by atoms with Crippen molar-refractivity contribution in [3.8, 4) is 5.69 Å². The van der Waals surface area contributed by atoms with Gasteiger partial charge >= 0.3 is 12.4 Å². The minimum atomic E-state index is -5.02. The smallest absolute Gasteiger partial charge is 0.324 e. The van der Waals surface area contributed by atoms with E-state index in [-0.39, 0.29) is 28.1 Å². The van der Waals surface area contributed by atoms with Crippen molar-refractivity contribution < 1.29 is 26.3 Å². The maximum atomic E-state index is 14.3. The maximum absolute atomic E-state index is 14.3. The third kappa shape index (κ3) is 6.88. The molecule has 0 spiro atoms. The summed E-state index contributed by atoms with van der Waals surface area (Å²) in [5.74, 6) is 0.967. The van der Waals surface area contributed by atoms with Gasteiger partial charge in [0, 0.05) is 44.8 Å². The molecule has 1 aromatic heterocycles. The molecule has 1 N–H and O–H groups in total. The van der Waals surface area contributed by atoms with Crippen molar-refractivity contribution in [2.24, 2.45) is 9.98 Å². The van der Waals surface area contributed by atoms with Gasteiger partial charge in [0.1, 0.15) is 11.7 Å². The zero-order valence-corrected chi connectivity index (χ0v) is 30.0. The van der Waals surface area contributed by atoms with Crippen molar-refractivity contribution >= 4 is 44.9 Å². The number of allylic oxidation sites excluding steroid dienone is 4. The molecule has 6 aromatic rings. The van der Waals surface area contributed by atoms with E-state index in [9.17, 15) is 26.3 Å². The first kappa shape index (κ1) is 35.8. The molecule has 8 rings (SSSR count). The Labute approximate surface area is 312 Å². The highest BCUT2D eigenvalue weighted by Gasteiger charge is 2.41. The predicted octanol–water partition coefficient (Wildman–Crippen LogP) is 10.2.